The molecule has 146 valence electrons. The first-order valence-corrected chi connectivity index (χ1v) is 9.53. The zero-order chi connectivity index (χ0) is 20.1. The molecule has 2 aromatic heterocycles. The van der Waals surface area contributed by atoms with Crippen molar-refractivity contribution in [2.75, 3.05) is 19.5 Å². The molecule has 0 atom stereocenters. The van der Waals surface area contributed by atoms with Crippen molar-refractivity contribution in [1.82, 2.24) is 15.0 Å². The Kier molecular flexibility index (Phi) is 6.15. The molecule has 0 spiro atoms. The van der Waals surface area contributed by atoms with Gasteiger partial charge in [0.15, 0.2) is 5.16 Å². The number of methoxy groups -OCH3 is 1. The highest BCUT2D eigenvalue weighted by Crippen LogP contribution is 2.27. The van der Waals surface area contributed by atoms with E-state index in [0.717, 1.165) is 22.8 Å². The van der Waals surface area contributed by atoms with Crippen molar-refractivity contribution in [1.29, 1.82) is 0 Å². The zero-order valence-corrected chi connectivity index (χ0v) is 16.6. The minimum atomic E-state index is -0.534. The number of thioether (sulfide) groups is 1. The first kappa shape index (κ1) is 19.7. The molecule has 0 saturated heterocycles. The summed E-state index contributed by atoms with van der Waals surface area (Å²) in [6, 6.07) is 7.48. The number of nitrogens with zero attached hydrogens (tertiary/aromatic N) is 3. The normalized spacial score (nSPS) is 10.7. The number of aromatic nitrogens is 3. The summed E-state index contributed by atoms with van der Waals surface area (Å²) in [5.41, 5.74) is 7.65. The van der Waals surface area contributed by atoms with Gasteiger partial charge in [-0.05, 0) is 38.1 Å². The van der Waals surface area contributed by atoms with Gasteiger partial charge in [0.05, 0.1) is 19.4 Å². The molecule has 8 nitrogen and oxygen atoms in total. The summed E-state index contributed by atoms with van der Waals surface area (Å²) in [6.45, 7) is 3.84. The molecule has 3 aromatic rings. The van der Waals surface area contributed by atoms with Gasteiger partial charge in [-0.1, -0.05) is 11.8 Å². The Morgan fingerprint density at radius 3 is 2.64 bits per heavy atom. The van der Waals surface area contributed by atoms with Crippen molar-refractivity contribution in [3.63, 3.8) is 0 Å². The standard InChI is InChI=1S/C19H20N4O4S/c1-4-26-18(24)14-9-21-19(23-16(14)20)28-10-15-11(2)27-17(22-15)12-5-7-13(25-3)8-6-12/h5-9H,4,10H2,1-3H3,(H2,20,21,23). The predicted octanol–water partition coefficient (Wildman–Crippen LogP) is 3.50. The van der Waals surface area contributed by atoms with Gasteiger partial charge in [-0.15, -0.1) is 0 Å². The maximum Gasteiger partial charge on any atom is 0.343 e. The second-order valence-electron chi connectivity index (χ2n) is 5.71. The molecule has 0 amide bonds. The maximum absolute atomic E-state index is 11.8. The molecule has 0 bridgehead atoms. The van der Waals surface area contributed by atoms with Crippen LogP contribution in [-0.4, -0.2) is 34.6 Å². The number of hydrogen-bond acceptors (Lipinski definition) is 9. The van der Waals surface area contributed by atoms with E-state index in [0.29, 0.717) is 16.8 Å². The summed E-state index contributed by atoms with van der Waals surface area (Å²) >= 11 is 1.35. The van der Waals surface area contributed by atoms with Gasteiger partial charge in [0.25, 0.3) is 0 Å². The summed E-state index contributed by atoms with van der Waals surface area (Å²) in [5, 5.41) is 0.443. The van der Waals surface area contributed by atoms with Crippen LogP contribution in [0.3, 0.4) is 0 Å². The van der Waals surface area contributed by atoms with E-state index in [2.05, 4.69) is 15.0 Å². The van der Waals surface area contributed by atoms with Crippen LogP contribution in [0.25, 0.3) is 11.5 Å². The van der Waals surface area contributed by atoms with E-state index in [1.165, 1.54) is 18.0 Å². The van der Waals surface area contributed by atoms with Gasteiger partial charge in [-0.3, -0.25) is 0 Å². The lowest BCUT2D eigenvalue weighted by atomic mass is 10.2. The van der Waals surface area contributed by atoms with E-state index < -0.39 is 5.97 Å². The number of esters is 1. The van der Waals surface area contributed by atoms with Crippen LogP contribution in [0.5, 0.6) is 5.75 Å². The molecule has 0 aliphatic rings. The number of aryl methyl sites for hydroxylation is 1. The van der Waals surface area contributed by atoms with Crippen LogP contribution in [0.15, 0.2) is 40.0 Å². The maximum atomic E-state index is 11.8. The summed E-state index contributed by atoms with van der Waals surface area (Å²) < 4.78 is 15.8. The Morgan fingerprint density at radius 2 is 2.00 bits per heavy atom. The van der Waals surface area contributed by atoms with Crippen LogP contribution in [0, 0.1) is 6.92 Å². The van der Waals surface area contributed by atoms with Crippen molar-refractivity contribution >= 4 is 23.5 Å². The van der Waals surface area contributed by atoms with Crippen molar-refractivity contribution in [2.45, 2.75) is 24.8 Å². The van der Waals surface area contributed by atoms with E-state index in [9.17, 15) is 4.79 Å². The highest BCUT2D eigenvalue weighted by molar-refractivity contribution is 7.98. The van der Waals surface area contributed by atoms with Gasteiger partial charge >= 0.3 is 5.97 Å². The molecule has 3 rings (SSSR count). The van der Waals surface area contributed by atoms with E-state index in [-0.39, 0.29) is 18.0 Å². The summed E-state index contributed by atoms with van der Waals surface area (Å²) in [4.78, 5) is 24.6. The smallest absolute Gasteiger partial charge is 0.343 e. The average molecular weight is 400 g/mol. The van der Waals surface area contributed by atoms with Gasteiger partial charge in [-0.25, -0.2) is 19.7 Å². The molecular weight excluding hydrogens is 380 g/mol. The number of ether oxygens (including phenoxy) is 2. The molecule has 2 N–H and O–H groups in total. The topological polar surface area (TPSA) is 113 Å². The third kappa shape index (κ3) is 4.42. The molecule has 0 aliphatic carbocycles. The fourth-order valence-corrected chi connectivity index (χ4v) is 3.19. The molecule has 9 heteroatoms. The molecule has 0 radical (unpaired) electrons. The largest absolute Gasteiger partial charge is 0.497 e. The first-order chi connectivity index (χ1) is 13.5. The van der Waals surface area contributed by atoms with E-state index in [1.54, 1.807) is 14.0 Å². The summed E-state index contributed by atoms with van der Waals surface area (Å²) in [5.74, 6) is 2.08. The number of carbonyl (C=O) groups excluding carboxylic acids is 1. The van der Waals surface area contributed by atoms with Crippen molar-refractivity contribution in [3.8, 4) is 17.2 Å². The van der Waals surface area contributed by atoms with Gasteiger partial charge < -0.3 is 19.6 Å². The van der Waals surface area contributed by atoms with Gasteiger partial charge in [0.1, 0.15) is 22.9 Å². The van der Waals surface area contributed by atoms with Crippen LogP contribution >= 0.6 is 11.8 Å². The minimum Gasteiger partial charge on any atom is -0.497 e. The molecule has 0 aliphatic heterocycles. The Hall–Kier alpha value is -3.07. The lowest BCUT2D eigenvalue weighted by molar-refractivity contribution is 0.0526. The Bertz CT molecular complexity index is 973. The lowest BCUT2D eigenvalue weighted by Gasteiger charge is -2.05. The number of oxazole rings is 1. The SMILES string of the molecule is CCOC(=O)c1cnc(SCc2nc(-c3ccc(OC)cc3)oc2C)nc1N. The van der Waals surface area contributed by atoms with Crippen LogP contribution in [0.2, 0.25) is 0 Å². The molecule has 2 heterocycles. The molecule has 1 aromatic carbocycles. The van der Waals surface area contributed by atoms with E-state index in [4.69, 9.17) is 19.6 Å². The van der Waals surface area contributed by atoms with E-state index >= 15 is 0 Å². The first-order valence-electron chi connectivity index (χ1n) is 8.55. The number of nitrogen functional groups attached to an aromatic ring is 1. The van der Waals surface area contributed by atoms with Gasteiger partial charge in [0, 0.05) is 17.5 Å². The second-order valence-corrected chi connectivity index (χ2v) is 6.65. The number of carbonyl (C=O) groups is 1. The third-order valence-electron chi connectivity index (χ3n) is 3.86. The lowest BCUT2D eigenvalue weighted by Crippen LogP contribution is -2.10. The number of benzene rings is 1. The van der Waals surface area contributed by atoms with Crippen LogP contribution in [0.1, 0.15) is 28.7 Å². The monoisotopic (exact) mass is 400 g/mol. The van der Waals surface area contributed by atoms with Crippen molar-refractivity contribution < 1.29 is 18.7 Å². The third-order valence-corrected chi connectivity index (χ3v) is 4.73. The minimum absolute atomic E-state index is 0.0896. The van der Waals surface area contributed by atoms with Crippen LogP contribution in [0.4, 0.5) is 5.82 Å². The van der Waals surface area contributed by atoms with E-state index in [1.807, 2.05) is 31.2 Å². The highest BCUT2D eigenvalue weighted by atomic mass is 32.2. The molecule has 0 unspecified atom stereocenters. The number of nitrogens with two attached hydrogens (primary N) is 1. The number of hydrogen-bond donors (Lipinski definition) is 1. The molecule has 28 heavy (non-hydrogen) atoms. The summed E-state index contributed by atoms with van der Waals surface area (Å²) in [7, 11) is 1.62. The predicted molar refractivity (Wildman–Crippen MR) is 105 cm³/mol. The van der Waals surface area contributed by atoms with Crippen LogP contribution in [-0.2, 0) is 10.5 Å². The fraction of sp³-hybridized carbons (Fsp3) is 0.263. The molecule has 0 saturated carbocycles. The second kappa shape index (κ2) is 8.75. The Balaban J connectivity index is 1.70. The van der Waals surface area contributed by atoms with Gasteiger partial charge in [-0.2, -0.15) is 0 Å². The average Bonchev–Trinajstić information content (AvgIpc) is 3.07. The summed E-state index contributed by atoms with van der Waals surface area (Å²) in [6.07, 6.45) is 1.38. The van der Waals surface area contributed by atoms with Crippen LogP contribution < -0.4 is 10.5 Å². The Labute approximate surface area is 166 Å². The highest BCUT2D eigenvalue weighted by Gasteiger charge is 2.16. The molecular formula is C19H20N4O4S. The van der Waals surface area contributed by atoms with Gasteiger partial charge in [0.2, 0.25) is 5.89 Å². The number of rotatable bonds is 7. The molecule has 0 fully saturated rings. The zero-order valence-electron chi connectivity index (χ0n) is 15.8. The Morgan fingerprint density at radius 1 is 1.25 bits per heavy atom. The number of anilines is 1. The fourth-order valence-electron chi connectivity index (χ4n) is 2.37. The van der Waals surface area contributed by atoms with Crippen molar-refractivity contribution in [3.05, 3.63) is 47.5 Å². The van der Waals surface area contributed by atoms with Crippen molar-refractivity contribution in [2.24, 2.45) is 0 Å². The quantitative estimate of drug-likeness (QED) is 0.361.